The molecular weight excluding hydrogens is 262 g/mol. The minimum atomic E-state index is -2.86. The Labute approximate surface area is 114 Å². The fraction of sp³-hybridized carbons (Fsp3) is 0.500. The van der Waals surface area contributed by atoms with Crippen LogP contribution in [0.2, 0.25) is 0 Å². The first-order valence-corrected chi connectivity index (χ1v) is 8.29. The zero-order chi connectivity index (χ0) is 13.9. The van der Waals surface area contributed by atoms with E-state index in [1.54, 1.807) is 0 Å². The Hall–Kier alpha value is -1.36. The molecule has 1 heterocycles. The molecule has 1 aliphatic heterocycles. The van der Waals surface area contributed by atoms with Crippen molar-refractivity contribution in [2.75, 3.05) is 18.1 Å². The second kappa shape index (κ2) is 5.74. The topological polar surface area (TPSA) is 63.2 Å². The van der Waals surface area contributed by atoms with Crippen molar-refractivity contribution in [2.45, 2.75) is 19.8 Å². The van der Waals surface area contributed by atoms with E-state index in [-0.39, 0.29) is 23.3 Å². The van der Waals surface area contributed by atoms with Crippen molar-refractivity contribution in [2.24, 2.45) is 5.92 Å². The van der Waals surface area contributed by atoms with Crippen LogP contribution in [-0.4, -0.2) is 32.4 Å². The van der Waals surface area contributed by atoms with Gasteiger partial charge in [0.1, 0.15) is 0 Å². The summed E-state index contributed by atoms with van der Waals surface area (Å²) in [5.41, 5.74) is 2.11. The first kappa shape index (κ1) is 14.1. The van der Waals surface area contributed by atoms with Gasteiger partial charge in [0.25, 0.3) is 0 Å². The summed E-state index contributed by atoms with van der Waals surface area (Å²) in [5, 5.41) is 2.83. The lowest BCUT2D eigenvalue weighted by Gasteiger charge is -2.09. The Morgan fingerprint density at radius 3 is 2.84 bits per heavy atom. The molecule has 0 aromatic heterocycles. The van der Waals surface area contributed by atoms with E-state index in [2.05, 4.69) is 5.32 Å². The lowest BCUT2D eigenvalue weighted by Crippen LogP contribution is -2.31. The van der Waals surface area contributed by atoms with Crippen LogP contribution in [0.1, 0.15) is 17.5 Å². The molecule has 1 aliphatic rings. The van der Waals surface area contributed by atoms with Crippen molar-refractivity contribution in [3.05, 3.63) is 35.4 Å². The smallest absolute Gasteiger partial charge is 0.224 e. The van der Waals surface area contributed by atoms with Crippen LogP contribution in [0.25, 0.3) is 0 Å². The third-order valence-corrected chi connectivity index (χ3v) is 5.20. The van der Waals surface area contributed by atoms with Gasteiger partial charge in [0.2, 0.25) is 5.91 Å². The van der Waals surface area contributed by atoms with Gasteiger partial charge in [-0.3, -0.25) is 4.79 Å². The Bertz CT molecular complexity index is 566. The standard InChI is InChI=1S/C14H19NO3S/c1-11-3-2-4-12(7-11)8-14(16)15-9-13-5-6-19(17,18)10-13/h2-4,7,13H,5-6,8-10H2,1H3,(H,15,16). The number of benzene rings is 1. The van der Waals surface area contributed by atoms with Crippen LogP contribution in [0, 0.1) is 12.8 Å². The monoisotopic (exact) mass is 281 g/mol. The quantitative estimate of drug-likeness (QED) is 0.898. The maximum atomic E-state index is 11.8. The van der Waals surface area contributed by atoms with Crippen molar-refractivity contribution >= 4 is 15.7 Å². The van der Waals surface area contributed by atoms with Gasteiger partial charge in [-0.15, -0.1) is 0 Å². The number of aryl methyl sites for hydroxylation is 1. The maximum absolute atomic E-state index is 11.8. The summed E-state index contributed by atoms with van der Waals surface area (Å²) in [6.45, 7) is 2.45. The van der Waals surface area contributed by atoms with Gasteiger partial charge in [-0.25, -0.2) is 8.42 Å². The lowest BCUT2D eigenvalue weighted by molar-refractivity contribution is -0.120. The number of rotatable bonds is 4. The molecule has 0 spiro atoms. The number of sulfone groups is 1. The van der Waals surface area contributed by atoms with E-state index in [0.717, 1.165) is 11.1 Å². The SMILES string of the molecule is Cc1cccc(CC(=O)NCC2CCS(=O)(=O)C2)c1. The molecule has 0 bridgehead atoms. The minimum absolute atomic E-state index is 0.0464. The first-order valence-electron chi connectivity index (χ1n) is 6.47. The summed E-state index contributed by atoms with van der Waals surface area (Å²) >= 11 is 0. The Morgan fingerprint density at radius 1 is 1.42 bits per heavy atom. The van der Waals surface area contributed by atoms with Crippen LogP contribution >= 0.6 is 0 Å². The summed E-state index contributed by atoms with van der Waals surface area (Å²) in [6.07, 6.45) is 1.01. The zero-order valence-electron chi connectivity index (χ0n) is 11.1. The second-order valence-corrected chi connectivity index (χ2v) is 7.47. The summed E-state index contributed by atoms with van der Waals surface area (Å²) in [5.74, 6) is 0.490. The van der Waals surface area contributed by atoms with Gasteiger partial charge in [-0.1, -0.05) is 29.8 Å². The molecule has 0 aliphatic carbocycles. The third-order valence-electron chi connectivity index (χ3n) is 3.36. The molecule has 5 heteroatoms. The molecule has 4 nitrogen and oxygen atoms in total. The van der Waals surface area contributed by atoms with E-state index >= 15 is 0 Å². The molecule has 0 radical (unpaired) electrons. The molecule has 2 rings (SSSR count). The van der Waals surface area contributed by atoms with Gasteiger partial charge >= 0.3 is 0 Å². The molecule has 1 N–H and O–H groups in total. The molecule has 1 saturated heterocycles. The molecule has 19 heavy (non-hydrogen) atoms. The van der Waals surface area contributed by atoms with Gasteiger partial charge in [-0.2, -0.15) is 0 Å². The van der Waals surface area contributed by atoms with E-state index in [9.17, 15) is 13.2 Å². The van der Waals surface area contributed by atoms with Crippen LogP contribution < -0.4 is 5.32 Å². The highest BCUT2D eigenvalue weighted by atomic mass is 32.2. The summed E-state index contributed by atoms with van der Waals surface area (Å²) in [6, 6.07) is 7.83. The van der Waals surface area contributed by atoms with Gasteiger partial charge in [0.05, 0.1) is 17.9 Å². The van der Waals surface area contributed by atoms with Crippen molar-refractivity contribution in [1.82, 2.24) is 5.32 Å². The summed E-state index contributed by atoms with van der Waals surface area (Å²) in [7, 11) is -2.86. The molecule has 1 atom stereocenters. The average Bonchev–Trinajstić information content (AvgIpc) is 2.66. The summed E-state index contributed by atoms with van der Waals surface area (Å²) < 4.78 is 22.6. The largest absolute Gasteiger partial charge is 0.356 e. The Kier molecular flexibility index (Phi) is 4.24. The highest BCUT2D eigenvalue weighted by molar-refractivity contribution is 7.91. The normalized spacial score (nSPS) is 21.2. The summed E-state index contributed by atoms with van der Waals surface area (Å²) in [4.78, 5) is 11.8. The number of nitrogens with one attached hydrogen (secondary N) is 1. The molecule has 104 valence electrons. The molecule has 1 aromatic rings. The minimum Gasteiger partial charge on any atom is -0.356 e. The van der Waals surface area contributed by atoms with E-state index in [1.807, 2.05) is 31.2 Å². The number of carbonyl (C=O) groups excluding carboxylic acids is 1. The maximum Gasteiger partial charge on any atom is 0.224 e. The molecule has 1 amide bonds. The Balaban J connectivity index is 1.79. The van der Waals surface area contributed by atoms with Gasteiger partial charge in [0, 0.05) is 6.54 Å². The second-order valence-electron chi connectivity index (χ2n) is 5.24. The first-order chi connectivity index (χ1) is 8.94. The van der Waals surface area contributed by atoms with E-state index in [0.29, 0.717) is 19.4 Å². The molecule has 1 aromatic carbocycles. The van der Waals surface area contributed by atoms with Crippen LogP contribution in [0.5, 0.6) is 0 Å². The van der Waals surface area contributed by atoms with Crippen molar-refractivity contribution < 1.29 is 13.2 Å². The molecular formula is C14H19NO3S. The average molecular weight is 281 g/mol. The van der Waals surface area contributed by atoms with Gasteiger partial charge in [0.15, 0.2) is 9.84 Å². The number of amides is 1. The Morgan fingerprint density at radius 2 is 2.21 bits per heavy atom. The number of carbonyl (C=O) groups is 1. The predicted octanol–water partition coefficient (Wildman–Crippen LogP) is 1.09. The van der Waals surface area contributed by atoms with Crippen molar-refractivity contribution in [3.63, 3.8) is 0 Å². The van der Waals surface area contributed by atoms with Crippen LogP contribution in [0.4, 0.5) is 0 Å². The molecule has 0 saturated carbocycles. The number of hydrogen-bond donors (Lipinski definition) is 1. The predicted molar refractivity (Wildman–Crippen MR) is 74.7 cm³/mol. The van der Waals surface area contributed by atoms with E-state index < -0.39 is 9.84 Å². The van der Waals surface area contributed by atoms with Crippen LogP contribution in [-0.2, 0) is 21.1 Å². The third kappa shape index (κ3) is 4.35. The number of hydrogen-bond acceptors (Lipinski definition) is 3. The highest BCUT2D eigenvalue weighted by Gasteiger charge is 2.27. The fourth-order valence-corrected chi connectivity index (χ4v) is 4.22. The van der Waals surface area contributed by atoms with Gasteiger partial charge < -0.3 is 5.32 Å². The van der Waals surface area contributed by atoms with Crippen molar-refractivity contribution in [1.29, 1.82) is 0 Å². The van der Waals surface area contributed by atoms with E-state index in [4.69, 9.17) is 0 Å². The van der Waals surface area contributed by atoms with Crippen LogP contribution in [0.3, 0.4) is 0 Å². The van der Waals surface area contributed by atoms with Gasteiger partial charge in [-0.05, 0) is 24.8 Å². The zero-order valence-corrected chi connectivity index (χ0v) is 11.9. The lowest BCUT2D eigenvalue weighted by atomic mass is 10.1. The van der Waals surface area contributed by atoms with Crippen molar-refractivity contribution in [3.8, 4) is 0 Å². The van der Waals surface area contributed by atoms with E-state index in [1.165, 1.54) is 0 Å². The highest BCUT2D eigenvalue weighted by Crippen LogP contribution is 2.17. The molecule has 1 fully saturated rings. The molecule has 1 unspecified atom stereocenters. The van der Waals surface area contributed by atoms with Crippen LogP contribution in [0.15, 0.2) is 24.3 Å². The fourth-order valence-electron chi connectivity index (χ4n) is 2.36.